The molecule has 2 heterocycles. The highest BCUT2D eigenvalue weighted by atomic mass is 16.5. The van der Waals surface area contributed by atoms with E-state index < -0.39 is 0 Å². The van der Waals surface area contributed by atoms with Gasteiger partial charge >= 0.3 is 6.01 Å². The average molecular weight is 197 g/mol. The lowest BCUT2D eigenvalue weighted by Gasteiger charge is -2.24. The Kier molecular flexibility index (Phi) is 2.19. The Morgan fingerprint density at radius 2 is 2.29 bits per heavy atom. The molecule has 0 aliphatic carbocycles. The molecule has 0 bridgehead atoms. The van der Waals surface area contributed by atoms with Crippen LogP contribution in [0.2, 0.25) is 0 Å². The zero-order chi connectivity index (χ0) is 10.2. The number of nitrogens with one attached hydrogen (secondary N) is 1. The molecule has 0 amide bonds. The van der Waals surface area contributed by atoms with E-state index in [9.17, 15) is 0 Å². The molecular formula is C9H15N3O2. The van der Waals surface area contributed by atoms with Crippen LogP contribution in [0.4, 0.5) is 6.01 Å². The molecule has 1 aromatic heterocycles. The van der Waals surface area contributed by atoms with E-state index in [-0.39, 0.29) is 11.5 Å². The minimum atomic E-state index is 0.113. The Hall–Kier alpha value is -1.10. The van der Waals surface area contributed by atoms with E-state index in [1.165, 1.54) is 0 Å². The summed E-state index contributed by atoms with van der Waals surface area (Å²) in [6.07, 6.45) is 0. The Balaban J connectivity index is 2.04. The van der Waals surface area contributed by atoms with Crippen LogP contribution in [0, 0.1) is 12.3 Å². The summed E-state index contributed by atoms with van der Waals surface area (Å²) in [7, 11) is 0. The Labute approximate surface area is 82.8 Å². The lowest BCUT2D eigenvalue weighted by molar-refractivity contribution is 0.167. The van der Waals surface area contributed by atoms with E-state index in [1.54, 1.807) is 6.92 Å². The highest BCUT2D eigenvalue weighted by Gasteiger charge is 2.36. The normalized spacial score (nSPS) is 25.2. The summed E-state index contributed by atoms with van der Waals surface area (Å²) in [5.41, 5.74) is 0.113. The topological polar surface area (TPSA) is 60.2 Å². The van der Waals surface area contributed by atoms with Gasteiger partial charge in [-0.2, -0.15) is 4.98 Å². The van der Waals surface area contributed by atoms with Crippen LogP contribution in [0.15, 0.2) is 4.52 Å². The second-order valence-corrected chi connectivity index (χ2v) is 4.35. The number of ether oxygens (including phenoxy) is 1. The van der Waals surface area contributed by atoms with Crippen molar-refractivity contribution in [3.63, 3.8) is 0 Å². The smallest absolute Gasteiger partial charge is 0.321 e. The van der Waals surface area contributed by atoms with Gasteiger partial charge in [-0.1, -0.05) is 19.0 Å². The second-order valence-electron chi connectivity index (χ2n) is 4.35. The fourth-order valence-electron chi connectivity index (χ4n) is 1.51. The molecule has 1 atom stereocenters. The monoisotopic (exact) mass is 197 g/mol. The van der Waals surface area contributed by atoms with Gasteiger partial charge in [0.1, 0.15) is 0 Å². The molecule has 1 aliphatic rings. The summed E-state index contributed by atoms with van der Waals surface area (Å²) in [5, 5.41) is 6.90. The predicted octanol–water partition coefficient (Wildman–Crippen LogP) is 1.21. The molecular weight excluding hydrogens is 182 g/mol. The zero-order valence-corrected chi connectivity index (χ0v) is 8.70. The molecule has 0 saturated carbocycles. The van der Waals surface area contributed by atoms with Crippen molar-refractivity contribution in [3.05, 3.63) is 5.82 Å². The summed E-state index contributed by atoms with van der Waals surface area (Å²) in [6.45, 7) is 7.55. The van der Waals surface area contributed by atoms with Crippen LogP contribution < -0.4 is 5.32 Å². The summed E-state index contributed by atoms with van der Waals surface area (Å²) in [6, 6.07) is 0.716. The molecule has 78 valence electrons. The molecule has 0 aromatic carbocycles. The minimum absolute atomic E-state index is 0.113. The number of aryl methyl sites for hydroxylation is 1. The molecule has 1 aromatic rings. The van der Waals surface area contributed by atoms with Gasteiger partial charge in [-0.3, -0.25) is 0 Å². The number of aromatic nitrogens is 2. The van der Waals surface area contributed by atoms with Gasteiger partial charge in [0.2, 0.25) is 0 Å². The van der Waals surface area contributed by atoms with Crippen molar-refractivity contribution in [1.82, 2.24) is 10.1 Å². The minimum Gasteiger partial charge on any atom is -0.379 e. The summed E-state index contributed by atoms with van der Waals surface area (Å²) in [4.78, 5) is 4.10. The maximum atomic E-state index is 5.40. The molecule has 0 radical (unpaired) electrons. The fourth-order valence-corrected chi connectivity index (χ4v) is 1.51. The molecule has 1 N–H and O–H groups in total. The van der Waals surface area contributed by atoms with Crippen molar-refractivity contribution in [2.45, 2.75) is 26.8 Å². The number of anilines is 1. The van der Waals surface area contributed by atoms with E-state index in [0.717, 1.165) is 6.61 Å². The summed E-state index contributed by atoms with van der Waals surface area (Å²) >= 11 is 0. The number of nitrogens with zero attached hydrogens (tertiary/aromatic N) is 2. The standard InChI is InChI=1S/C9H15N3O2/c1-6-10-8(14-12-6)11-7-4-13-5-9(7,2)3/h7H,4-5H2,1-3H3,(H,10,11,12). The van der Waals surface area contributed by atoms with Crippen molar-refractivity contribution in [1.29, 1.82) is 0 Å². The molecule has 1 saturated heterocycles. The molecule has 0 spiro atoms. The van der Waals surface area contributed by atoms with Crippen molar-refractivity contribution >= 4 is 6.01 Å². The third-order valence-electron chi connectivity index (χ3n) is 2.53. The molecule has 1 aliphatic heterocycles. The lowest BCUT2D eigenvalue weighted by Crippen LogP contribution is -2.34. The van der Waals surface area contributed by atoms with E-state index in [2.05, 4.69) is 29.3 Å². The van der Waals surface area contributed by atoms with Crippen LogP contribution in [-0.2, 0) is 4.74 Å². The van der Waals surface area contributed by atoms with Gasteiger partial charge < -0.3 is 14.6 Å². The second kappa shape index (κ2) is 3.24. The molecule has 14 heavy (non-hydrogen) atoms. The largest absolute Gasteiger partial charge is 0.379 e. The molecule has 5 heteroatoms. The van der Waals surface area contributed by atoms with Gasteiger partial charge in [0.15, 0.2) is 5.82 Å². The number of rotatable bonds is 2. The Morgan fingerprint density at radius 1 is 1.50 bits per heavy atom. The van der Waals surface area contributed by atoms with Gasteiger partial charge in [0.05, 0.1) is 19.3 Å². The third-order valence-corrected chi connectivity index (χ3v) is 2.53. The zero-order valence-electron chi connectivity index (χ0n) is 8.70. The summed E-state index contributed by atoms with van der Waals surface area (Å²) < 4.78 is 10.4. The van der Waals surface area contributed by atoms with Gasteiger partial charge in [-0.05, 0) is 6.92 Å². The van der Waals surface area contributed by atoms with Gasteiger partial charge in [0, 0.05) is 5.41 Å². The van der Waals surface area contributed by atoms with Crippen LogP contribution in [0.1, 0.15) is 19.7 Å². The van der Waals surface area contributed by atoms with Crippen molar-refractivity contribution in [2.24, 2.45) is 5.41 Å². The number of hydrogen-bond donors (Lipinski definition) is 1. The van der Waals surface area contributed by atoms with Crippen molar-refractivity contribution in [3.8, 4) is 0 Å². The molecule has 1 fully saturated rings. The van der Waals surface area contributed by atoms with Crippen molar-refractivity contribution < 1.29 is 9.26 Å². The first-order valence-corrected chi connectivity index (χ1v) is 4.72. The van der Waals surface area contributed by atoms with Crippen LogP contribution in [0.25, 0.3) is 0 Å². The fraction of sp³-hybridized carbons (Fsp3) is 0.778. The Morgan fingerprint density at radius 3 is 2.79 bits per heavy atom. The molecule has 1 unspecified atom stereocenters. The van der Waals surface area contributed by atoms with Gasteiger partial charge in [0.25, 0.3) is 0 Å². The number of hydrogen-bond acceptors (Lipinski definition) is 5. The van der Waals surface area contributed by atoms with Gasteiger partial charge in [-0.15, -0.1) is 0 Å². The highest BCUT2D eigenvalue weighted by molar-refractivity contribution is 5.22. The molecule has 2 rings (SSSR count). The quantitative estimate of drug-likeness (QED) is 0.772. The van der Waals surface area contributed by atoms with E-state index in [1.807, 2.05) is 0 Å². The maximum Gasteiger partial charge on any atom is 0.321 e. The predicted molar refractivity (Wildman–Crippen MR) is 51.0 cm³/mol. The SMILES string of the molecule is Cc1noc(NC2COCC2(C)C)n1. The highest BCUT2D eigenvalue weighted by Crippen LogP contribution is 2.29. The third kappa shape index (κ3) is 1.72. The van der Waals surface area contributed by atoms with Crippen LogP contribution in [-0.4, -0.2) is 29.4 Å². The van der Waals surface area contributed by atoms with Crippen LogP contribution in [0.5, 0.6) is 0 Å². The lowest BCUT2D eigenvalue weighted by atomic mass is 9.88. The van der Waals surface area contributed by atoms with Crippen molar-refractivity contribution in [2.75, 3.05) is 18.5 Å². The van der Waals surface area contributed by atoms with E-state index >= 15 is 0 Å². The first kappa shape index (κ1) is 9.45. The summed E-state index contributed by atoms with van der Waals surface area (Å²) in [5.74, 6) is 0.643. The first-order chi connectivity index (χ1) is 6.58. The first-order valence-electron chi connectivity index (χ1n) is 4.72. The Bertz CT molecular complexity index is 322. The van der Waals surface area contributed by atoms with E-state index in [4.69, 9.17) is 9.26 Å². The average Bonchev–Trinajstić information content (AvgIpc) is 2.61. The van der Waals surface area contributed by atoms with Gasteiger partial charge in [-0.25, -0.2) is 0 Å². The maximum absolute atomic E-state index is 5.40. The van der Waals surface area contributed by atoms with Crippen LogP contribution in [0.3, 0.4) is 0 Å². The van der Waals surface area contributed by atoms with E-state index in [0.29, 0.717) is 18.4 Å². The molecule has 5 nitrogen and oxygen atoms in total. The van der Waals surface area contributed by atoms with Crippen LogP contribution >= 0.6 is 0 Å².